The molecular weight excluding hydrogens is 238 g/mol. The zero-order chi connectivity index (χ0) is 14.0. The Balaban J connectivity index is 2.16. The smallest absolute Gasteiger partial charge is 0.304 e. The molecule has 0 spiro atoms. The summed E-state index contributed by atoms with van der Waals surface area (Å²) in [5.74, 6) is -0.714. The molecule has 0 radical (unpaired) electrons. The highest BCUT2D eigenvalue weighted by Gasteiger charge is 2.24. The van der Waals surface area contributed by atoms with Crippen LogP contribution in [0.25, 0.3) is 0 Å². The molecule has 1 aromatic rings. The number of carboxylic acid groups (broad SMARTS) is 1. The van der Waals surface area contributed by atoms with Crippen molar-refractivity contribution in [3.8, 4) is 0 Å². The van der Waals surface area contributed by atoms with Crippen molar-refractivity contribution in [3.05, 3.63) is 34.9 Å². The Hall–Kier alpha value is -1.35. The zero-order valence-electron chi connectivity index (χ0n) is 12.1. The minimum absolute atomic E-state index is 0.175. The fourth-order valence-electron chi connectivity index (χ4n) is 2.82. The molecule has 1 N–H and O–H groups in total. The Morgan fingerprint density at radius 2 is 2.11 bits per heavy atom. The third kappa shape index (κ3) is 3.35. The molecule has 0 bridgehead atoms. The molecule has 1 aliphatic heterocycles. The Kier molecular flexibility index (Phi) is 3.95. The van der Waals surface area contributed by atoms with Gasteiger partial charge in [0.05, 0.1) is 6.42 Å². The molecule has 0 amide bonds. The van der Waals surface area contributed by atoms with E-state index in [9.17, 15) is 4.79 Å². The van der Waals surface area contributed by atoms with Crippen molar-refractivity contribution < 1.29 is 9.90 Å². The maximum absolute atomic E-state index is 10.6. The SMILES string of the molecule is CC(C)(C)c1cccc2c1CCN(CCC(=O)O)C2. The molecule has 0 aromatic heterocycles. The van der Waals surface area contributed by atoms with E-state index in [4.69, 9.17) is 5.11 Å². The van der Waals surface area contributed by atoms with Gasteiger partial charge in [0.15, 0.2) is 0 Å². The lowest BCUT2D eigenvalue weighted by Crippen LogP contribution is -2.33. The van der Waals surface area contributed by atoms with Crippen molar-refractivity contribution in [1.82, 2.24) is 4.90 Å². The predicted octanol–water partition coefficient (Wildman–Crippen LogP) is 2.82. The molecule has 0 saturated heterocycles. The van der Waals surface area contributed by atoms with Crippen LogP contribution in [0.4, 0.5) is 0 Å². The quantitative estimate of drug-likeness (QED) is 0.909. The Bertz CT molecular complexity index is 474. The molecule has 1 aliphatic rings. The van der Waals surface area contributed by atoms with Gasteiger partial charge in [0.1, 0.15) is 0 Å². The van der Waals surface area contributed by atoms with Crippen molar-refractivity contribution in [1.29, 1.82) is 0 Å². The van der Waals surface area contributed by atoms with Gasteiger partial charge in [0.25, 0.3) is 0 Å². The number of fused-ring (bicyclic) bond motifs is 1. The summed E-state index contributed by atoms with van der Waals surface area (Å²) in [7, 11) is 0. The van der Waals surface area contributed by atoms with Crippen LogP contribution in [0.15, 0.2) is 18.2 Å². The number of aliphatic carboxylic acids is 1. The molecule has 19 heavy (non-hydrogen) atoms. The number of nitrogens with zero attached hydrogens (tertiary/aromatic N) is 1. The molecule has 1 heterocycles. The van der Waals surface area contributed by atoms with Crippen molar-refractivity contribution in [2.45, 2.75) is 45.6 Å². The molecule has 0 aliphatic carbocycles. The lowest BCUT2D eigenvalue weighted by Gasteiger charge is -2.32. The second-order valence-electron chi connectivity index (χ2n) is 6.36. The van der Waals surface area contributed by atoms with Crippen molar-refractivity contribution >= 4 is 5.97 Å². The summed E-state index contributed by atoms with van der Waals surface area (Å²) < 4.78 is 0. The highest BCUT2D eigenvalue weighted by Crippen LogP contribution is 2.31. The molecule has 1 aromatic carbocycles. The van der Waals surface area contributed by atoms with Crippen LogP contribution in [-0.2, 0) is 23.2 Å². The highest BCUT2D eigenvalue weighted by molar-refractivity contribution is 5.66. The number of carboxylic acids is 1. The van der Waals surface area contributed by atoms with Gasteiger partial charge in [0.2, 0.25) is 0 Å². The van der Waals surface area contributed by atoms with E-state index in [1.165, 1.54) is 16.7 Å². The molecule has 0 unspecified atom stereocenters. The average molecular weight is 261 g/mol. The van der Waals surface area contributed by atoms with Gasteiger partial charge in [-0.05, 0) is 28.5 Å². The summed E-state index contributed by atoms with van der Waals surface area (Å²) in [6.45, 7) is 9.24. The first kappa shape index (κ1) is 14.1. The minimum atomic E-state index is -0.714. The van der Waals surface area contributed by atoms with Crippen LogP contribution in [0.3, 0.4) is 0 Å². The zero-order valence-corrected chi connectivity index (χ0v) is 12.1. The van der Waals surface area contributed by atoms with Crippen LogP contribution in [-0.4, -0.2) is 29.1 Å². The first-order chi connectivity index (χ1) is 8.88. The second-order valence-corrected chi connectivity index (χ2v) is 6.36. The Morgan fingerprint density at radius 1 is 1.37 bits per heavy atom. The molecule has 0 saturated carbocycles. The van der Waals surface area contributed by atoms with Crippen LogP contribution in [0.5, 0.6) is 0 Å². The normalized spacial score (nSPS) is 16.2. The standard InChI is InChI=1S/C16H23NO2/c1-16(2,3)14-6-4-5-12-11-17(9-7-13(12)14)10-8-15(18)19/h4-6H,7-11H2,1-3H3,(H,18,19). The summed E-state index contributed by atoms with van der Waals surface area (Å²) >= 11 is 0. The van der Waals surface area contributed by atoms with E-state index in [-0.39, 0.29) is 11.8 Å². The topological polar surface area (TPSA) is 40.5 Å². The summed E-state index contributed by atoms with van der Waals surface area (Å²) in [4.78, 5) is 12.9. The van der Waals surface area contributed by atoms with Gasteiger partial charge in [-0.3, -0.25) is 9.69 Å². The highest BCUT2D eigenvalue weighted by atomic mass is 16.4. The first-order valence-electron chi connectivity index (χ1n) is 6.93. The summed E-state index contributed by atoms with van der Waals surface area (Å²) in [5.41, 5.74) is 4.45. The number of benzene rings is 1. The van der Waals surface area contributed by atoms with Gasteiger partial charge >= 0.3 is 5.97 Å². The molecule has 2 rings (SSSR count). The van der Waals surface area contributed by atoms with Gasteiger partial charge in [-0.2, -0.15) is 0 Å². The van der Waals surface area contributed by atoms with Crippen LogP contribution < -0.4 is 0 Å². The van der Waals surface area contributed by atoms with Crippen LogP contribution in [0.1, 0.15) is 43.9 Å². The lowest BCUT2D eigenvalue weighted by molar-refractivity contribution is -0.137. The van der Waals surface area contributed by atoms with E-state index < -0.39 is 5.97 Å². The predicted molar refractivity (Wildman–Crippen MR) is 76.4 cm³/mol. The molecule has 104 valence electrons. The van der Waals surface area contributed by atoms with Crippen LogP contribution >= 0.6 is 0 Å². The number of hydrogen-bond acceptors (Lipinski definition) is 2. The molecule has 3 heteroatoms. The number of carbonyl (C=O) groups is 1. The van der Waals surface area contributed by atoms with Gasteiger partial charge in [-0.25, -0.2) is 0 Å². The molecule has 0 atom stereocenters. The van der Waals surface area contributed by atoms with Crippen LogP contribution in [0.2, 0.25) is 0 Å². The summed E-state index contributed by atoms with van der Waals surface area (Å²) in [5, 5.41) is 8.76. The van der Waals surface area contributed by atoms with E-state index in [1.807, 2.05) is 0 Å². The fraction of sp³-hybridized carbons (Fsp3) is 0.562. The number of hydrogen-bond donors (Lipinski definition) is 1. The monoisotopic (exact) mass is 261 g/mol. The third-order valence-electron chi connectivity index (χ3n) is 3.79. The fourth-order valence-corrected chi connectivity index (χ4v) is 2.82. The molecule has 3 nitrogen and oxygen atoms in total. The maximum Gasteiger partial charge on any atom is 0.304 e. The summed E-state index contributed by atoms with van der Waals surface area (Å²) in [6, 6.07) is 6.53. The van der Waals surface area contributed by atoms with Gasteiger partial charge in [-0.1, -0.05) is 39.0 Å². The van der Waals surface area contributed by atoms with Crippen molar-refractivity contribution in [2.75, 3.05) is 13.1 Å². The van der Waals surface area contributed by atoms with Gasteiger partial charge in [-0.15, -0.1) is 0 Å². The van der Waals surface area contributed by atoms with E-state index in [0.29, 0.717) is 6.54 Å². The van der Waals surface area contributed by atoms with Crippen molar-refractivity contribution in [3.63, 3.8) is 0 Å². The van der Waals surface area contributed by atoms with Gasteiger partial charge < -0.3 is 5.11 Å². The Morgan fingerprint density at radius 3 is 2.74 bits per heavy atom. The van der Waals surface area contributed by atoms with E-state index >= 15 is 0 Å². The van der Waals surface area contributed by atoms with E-state index in [1.54, 1.807) is 0 Å². The maximum atomic E-state index is 10.6. The second kappa shape index (κ2) is 5.33. The minimum Gasteiger partial charge on any atom is -0.481 e. The third-order valence-corrected chi connectivity index (χ3v) is 3.79. The molecule has 0 fully saturated rings. The number of rotatable bonds is 3. The van der Waals surface area contributed by atoms with Gasteiger partial charge in [0, 0.05) is 19.6 Å². The average Bonchev–Trinajstić information content (AvgIpc) is 2.34. The van der Waals surface area contributed by atoms with E-state index in [0.717, 1.165) is 19.5 Å². The van der Waals surface area contributed by atoms with Crippen LogP contribution in [0, 0.1) is 0 Å². The molecular formula is C16H23NO2. The van der Waals surface area contributed by atoms with Crippen molar-refractivity contribution in [2.24, 2.45) is 0 Å². The Labute approximate surface area is 115 Å². The largest absolute Gasteiger partial charge is 0.481 e. The lowest BCUT2D eigenvalue weighted by atomic mass is 9.80. The van der Waals surface area contributed by atoms with E-state index in [2.05, 4.69) is 43.9 Å². The first-order valence-corrected chi connectivity index (χ1v) is 6.93. The summed E-state index contributed by atoms with van der Waals surface area (Å²) in [6.07, 6.45) is 1.26.